The summed E-state index contributed by atoms with van der Waals surface area (Å²) in [7, 11) is 2.31. The van der Waals surface area contributed by atoms with Crippen LogP contribution in [-0.2, 0) is 25.0 Å². The number of hydrogen-bond donors (Lipinski definition) is 2. The Bertz CT molecular complexity index is 549. The van der Waals surface area contributed by atoms with Gasteiger partial charge in [0.15, 0.2) is 0 Å². The van der Waals surface area contributed by atoms with Gasteiger partial charge in [0.05, 0.1) is 0 Å². The fraction of sp³-hybridized carbons (Fsp3) is 0.462. The molecule has 1 rings (SSSR count). The number of hydroxylamine groups is 4. The number of carbonyl (C=O) groups is 1. The van der Waals surface area contributed by atoms with Gasteiger partial charge < -0.3 is 15.4 Å². The van der Waals surface area contributed by atoms with Crippen molar-refractivity contribution in [1.29, 1.82) is 0 Å². The van der Waals surface area contributed by atoms with Crippen LogP contribution in [0.3, 0.4) is 0 Å². The lowest BCUT2D eigenvalue weighted by atomic mass is 10.1. The van der Waals surface area contributed by atoms with Crippen molar-refractivity contribution in [1.82, 2.24) is 10.1 Å². The molecule has 1 atom stereocenters. The summed E-state index contributed by atoms with van der Waals surface area (Å²) >= 11 is 0. The predicted molar refractivity (Wildman–Crippen MR) is 83.5 cm³/mol. The Morgan fingerprint density at radius 3 is 2.04 bits per heavy atom. The Balaban J connectivity index is 2.81. The molecule has 3 N–H and O–H groups in total. The lowest BCUT2D eigenvalue weighted by Crippen LogP contribution is -2.32. The Kier molecular flexibility index (Phi) is 7.14. The molecule has 10 heteroatoms. The van der Waals surface area contributed by atoms with E-state index >= 15 is 0 Å². The molecule has 0 fully saturated rings. The number of carboxylic acids is 1. The second kappa shape index (κ2) is 8.39. The number of hydrogen-bond acceptors (Lipinski definition) is 8. The van der Waals surface area contributed by atoms with Gasteiger partial charge in [-0.2, -0.15) is 19.4 Å². The zero-order valence-electron chi connectivity index (χ0n) is 13.5. The summed E-state index contributed by atoms with van der Waals surface area (Å²) in [5, 5.41) is 11.2. The second-order valence-corrected chi connectivity index (χ2v) is 6.52. The SMILES string of the molecule is CN(C)OP(=O)(Oc1ccc(CC(N)C(=O)O)cc1)ON(C)C. The fourth-order valence-electron chi connectivity index (χ4n) is 1.60. The highest BCUT2D eigenvalue weighted by atomic mass is 31.2. The monoisotopic (exact) mass is 347 g/mol. The van der Waals surface area contributed by atoms with Crippen molar-refractivity contribution in [2.45, 2.75) is 12.5 Å². The van der Waals surface area contributed by atoms with Crippen LogP contribution < -0.4 is 10.3 Å². The highest BCUT2D eigenvalue weighted by molar-refractivity contribution is 7.48. The maximum atomic E-state index is 12.5. The fourth-order valence-corrected chi connectivity index (χ4v) is 2.88. The highest BCUT2D eigenvalue weighted by Crippen LogP contribution is 2.50. The van der Waals surface area contributed by atoms with Crippen LogP contribution in [0.25, 0.3) is 0 Å². The zero-order chi connectivity index (χ0) is 17.6. The van der Waals surface area contributed by atoms with Crippen LogP contribution >= 0.6 is 7.82 Å². The van der Waals surface area contributed by atoms with Gasteiger partial charge in [0.25, 0.3) is 0 Å². The third kappa shape index (κ3) is 7.08. The molecule has 9 nitrogen and oxygen atoms in total. The summed E-state index contributed by atoms with van der Waals surface area (Å²) in [5.74, 6) is -0.821. The molecule has 0 heterocycles. The molecule has 0 bridgehead atoms. The highest BCUT2D eigenvalue weighted by Gasteiger charge is 2.32. The zero-order valence-corrected chi connectivity index (χ0v) is 14.4. The minimum Gasteiger partial charge on any atom is -0.480 e. The van der Waals surface area contributed by atoms with E-state index in [1.807, 2.05) is 0 Å². The lowest BCUT2D eigenvalue weighted by molar-refractivity contribution is -0.138. The van der Waals surface area contributed by atoms with Crippen LogP contribution in [0.15, 0.2) is 24.3 Å². The van der Waals surface area contributed by atoms with Crippen LogP contribution in [0.5, 0.6) is 5.75 Å². The molecular weight excluding hydrogens is 325 g/mol. The number of nitrogens with two attached hydrogens (primary N) is 1. The molecule has 0 spiro atoms. The Hall–Kier alpha value is -1.48. The van der Waals surface area contributed by atoms with Gasteiger partial charge in [-0.25, -0.2) is 4.57 Å². The first-order valence-corrected chi connectivity index (χ1v) is 8.18. The van der Waals surface area contributed by atoms with E-state index in [0.29, 0.717) is 5.56 Å². The van der Waals surface area contributed by atoms with E-state index in [-0.39, 0.29) is 12.2 Å². The number of aliphatic carboxylic acids is 1. The molecule has 0 aliphatic rings. The van der Waals surface area contributed by atoms with Crippen molar-refractivity contribution >= 4 is 13.8 Å². The standard InChI is InChI=1S/C13H22N3O6P/c1-15(2)21-23(19,22-16(3)4)20-11-7-5-10(6-8-11)9-12(14)13(17)18/h5-8,12H,9,14H2,1-4H3,(H,17,18). The molecule has 0 radical (unpaired) electrons. The van der Waals surface area contributed by atoms with E-state index in [2.05, 4.69) is 0 Å². The topological polar surface area (TPSA) is 115 Å². The normalized spacial score (nSPS) is 13.3. The Morgan fingerprint density at radius 1 is 1.17 bits per heavy atom. The summed E-state index contributed by atoms with van der Waals surface area (Å²) in [5.41, 5.74) is 6.18. The Morgan fingerprint density at radius 2 is 1.65 bits per heavy atom. The number of carboxylic acid groups (broad SMARTS) is 1. The molecule has 0 aliphatic carbocycles. The van der Waals surface area contributed by atoms with E-state index in [1.54, 1.807) is 40.3 Å². The largest absolute Gasteiger partial charge is 0.564 e. The number of benzene rings is 1. The van der Waals surface area contributed by atoms with Gasteiger partial charge in [0.1, 0.15) is 11.8 Å². The molecule has 1 unspecified atom stereocenters. The van der Waals surface area contributed by atoms with Crippen molar-refractivity contribution in [3.63, 3.8) is 0 Å². The third-order valence-corrected chi connectivity index (χ3v) is 3.93. The average molecular weight is 347 g/mol. The van der Waals surface area contributed by atoms with Gasteiger partial charge >= 0.3 is 13.8 Å². The molecule has 0 amide bonds. The molecule has 130 valence electrons. The Labute approximate surface area is 135 Å². The molecule has 1 aromatic carbocycles. The minimum atomic E-state index is -3.88. The van der Waals surface area contributed by atoms with Crippen molar-refractivity contribution in [2.75, 3.05) is 28.2 Å². The third-order valence-electron chi connectivity index (χ3n) is 2.44. The molecule has 0 aliphatic heterocycles. The van der Waals surface area contributed by atoms with Gasteiger partial charge in [0, 0.05) is 28.2 Å². The van der Waals surface area contributed by atoms with E-state index in [9.17, 15) is 9.36 Å². The summed E-state index contributed by atoms with van der Waals surface area (Å²) in [6.07, 6.45) is 0.176. The smallest absolute Gasteiger partial charge is 0.480 e. The van der Waals surface area contributed by atoms with Crippen LogP contribution in [0.2, 0.25) is 0 Å². The van der Waals surface area contributed by atoms with E-state index in [4.69, 9.17) is 24.6 Å². The first-order valence-electron chi connectivity index (χ1n) is 6.72. The summed E-state index contributed by atoms with van der Waals surface area (Å²) < 4.78 is 28.0. The average Bonchev–Trinajstić information content (AvgIpc) is 2.38. The predicted octanol–water partition coefficient (Wildman–Crippen LogP) is 1.11. The maximum absolute atomic E-state index is 12.5. The molecule has 23 heavy (non-hydrogen) atoms. The summed E-state index contributed by atoms with van der Waals surface area (Å²) in [6.45, 7) is 0. The summed E-state index contributed by atoms with van der Waals surface area (Å²) in [4.78, 5) is 10.7. The van der Waals surface area contributed by atoms with Gasteiger partial charge in [0.2, 0.25) is 0 Å². The van der Waals surface area contributed by atoms with Gasteiger partial charge in [-0.1, -0.05) is 12.1 Å². The number of nitrogens with zero attached hydrogens (tertiary/aromatic N) is 2. The lowest BCUT2D eigenvalue weighted by Gasteiger charge is -2.23. The van der Waals surface area contributed by atoms with Crippen molar-refractivity contribution in [3.8, 4) is 5.75 Å². The van der Waals surface area contributed by atoms with Crippen molar-refractivity contribution in [2.24, 2.45) is 5.73 Å². The maximum Gasteiger partial charge on any atom is 0.564 e. The number of rotatable bonds is 9. The number of phosphoric acid groups is 1. The second-order valence-electron chi connectivity index (χ2n) is 5.12. The molecule has 0 aromatic heterocycles. The van der Waals surface area contributed by atoms with Crippen LogP contribution in [-0.4, -0.2) is 55.4 Å². The first kappa shape index (κ1) is 19.6. The van der Waals surface area contributed by atoms with Gasteiger partial charge in [-0.15, -0.1) is 0 Å². The van der Waals surface area contributed by atoms with Gasteiger partial charge in [-0.05, 0) is 24.1 Å². The quantitative estimate of drug-likeness (QED) is 0.501. The van der Waals surface area contributed by atoms with Gasteiger partial charge in [-0.3, -0.25) is 4.79 Å². The molecule has 0 saturated carbocycles. The summed E-state index contributed by atoms with van der Waals surface area (Å²) in [6, 6.07) is 5.35. The van der Waals surface area contributed by atoms with Crippen LogP contribution in [0, 0.1) is 0 Å². The van der Waals surface area contributed by atoms with E-state index < -0.39 is 19.8 Å². The van der Waals surface area contributed by atoms with Crippen molar-refractivity contribution in [3.05, 3.63) is 29.8 Å². The molecule has 1 aromatic rings. The first-order chi connectivity index (χ1) is 10.6. The van der Waals surface area contributed by atoms with Crippen LogP contribution in [0.4, 0.5) is 0 Å². The van der Waals surface area contributed by atoms with Crippen molar-refractivity contribution < 1.29 is 28.2 Å². The minimum absolute atomic E-state index is 0.176. The van der Waals surface area contributed by atoms with Crippen LogP contribution in [0.1, 0.15) is 5.56 Å². The molecular formula is C13H22N3O6P. The molecule has 0 saturated heterocycles. The van der Waals surface area contributed by atoms with E-state index in [0.717, 1.165) is 0 Å². The van der Waals surface area contributed by atoms with E-state index in [1.165, 1.54) is 22.3 Å².